The number of carbonyl (C=O) groups excluding carboxylic acids is 3. The summed E-state index contributed by atoms with van der Waals surface area (Å²) in [6, 6.07) is 7.08. The Bertz CT molecular complexity index is 721. The number of hydrogen-bond donors (Lipinski definition) is 1. The van der Waals surface area contributed by atoms with Crippen molar-refractivity contribution in [3.05, 3.63) is 34.9 Å². The molecule has 0 bridgehead atoms. The van der Waals surface area contributed by atoms with E-state index in [4.69, 9.17) is 16.3 Å². The molecule has 0 saturated carbocycles. The molecule has 146 valence electrons. The van der Waals surface area contributed by atoms with E-state index in [2.05, 4.69) is 5.32 Å². The minimum absolute atomic E-state index is 0.0185. The van der Waals surface area contributed by atoms with E-state index in [1.807, 2.05) is 24.3 Å². The van der Waals surface area contributed by atoms with Gasteiger partial charge >= 0.3 is 5.97 Å². The number of benzene rings is 1. The van der Waals surface area contributed by atoms with Crippen LogP contribution < -0.4 is 5.32 Å². The molecule has 2 saturated heterocycles. The van der Waals surface area contributed by atoms with Crippen LogP contribution in [0.3, 0.4) is 0 Å². The molecule has 2 aliphatic heterocycles. The topological polar surface area (TPSA) is 75.7 Å². The van der Waals surface area contributed by atoms with E-state index >= 15 is 0 Å². The number of nitrogens with zero attached hydrogens (tertiary/aromatic N) is 1. The maximum atomic E-state index is 12.7. The van der Waals surface area contributed by atoms with Crippen molar-refractivity contribution in [1.82, 2.24) is 10.2 Å². The highest BCUT2D eigenvalue weighted by molar-refractivity contribution is 6.30. The van der Waals surface area contributed by atoms with Gasteiger partial charge in [-0.3, -0.25) is 9.59 Å². The zero-order valence-electron chi connectivity index (χ0n) is 15.5. The minimum atomic E-state index is -0.479. The molecule has 3 rings (SSSR count). The Morgan fingerprint density at radius 1 is 1.33 bits per heavy atom. The molecule has 0 radical (unpaired) electrons. The van der Waals surface area contributed by atoms with Crippen molar-refractivity contribution >= 4 is 29.4 Å². The van der Waals surface area contributed by atoms with Gasteiger partial charge in [-0.1, -0.05) is 23.7 Å². The highest BCUT2D eigenvalue weighted by Gasteiger charge is 2.40. The molecule has 0 aliphatic carbocycles. The van der Waals surface area contributed by atoms with E-state index in [0.29, 0.717) is 50.1 Å². The van der Waals surface area contributed by atoms with Crippen LogP contribution >= 0.6 is 11.6 Å². The fraction of sp³-hybridized carbons (Fsp3) is 0.550. The Morgan fingerprint density at radius 2 is 2.07 bits per heavy atom. The molecule has 1 unspecified atom stereocenters. The Labute approximate surface area is 164 Å². The maximum Gasteiger partial charge on any atom is 0.328 e. The molecule has 2 aliphatic rings. The normalized spacial score (nSPS) is 24.7. The van der Waals surface area contributed by atoms with Gasteiger partial charge in [0.15, 0.2) is 0 Å². The molecule has 6 nitrogen and oxygen atoms in total. The van der Waals surface area contributed by atoms with Gasteiger partial charge in [0.1, 0.15) is 6.04 Å². The number of hydrogen-bond acceptors (Lipinski definition) is 4. The summed E-state index contributed by atoms with van der Waals surface area (Å²) in [5.74, 6) is -0.393. The van der Waals surface area contributed by atoms with Gasteiger partial charge in [-0.05, 0) is 49.8 Å². The number of amides is 2. The van der Waals surface area contributed by atoms with E-state index in [9.17, 15) is 14.4 Å². The minimum Gasteiger partial charge on any atom is -0.467 e. The number of carbonyl (C=O) groups is 3. The monoisotopic (exact) mass is 392 g/mol. The molecule has 2 amide bonds. The van der Waals surface area contributed by atoms with Crippen molar-refractivity contribution < 1.29 is 19.1 Å². The number of ether oxygens (including phenoxy) is 1. The predicted octanol–water partition coefficient (Wildman–Crippen LogP) is 2.48. The van der Waals surface area contributed by atoms with Gasteiger partial charge in [0.05, 0.1) is 7.11 Å². The molecule has 1 aromatic carbocycles. The molecule has 1 N–H and O–H groups in total. The number of nitrogens with one attached hydrogen (secondary N) is 1. The van der Waals surface area contributed by atoms with Crippen LogP contribution in [0.2, 0.25) is 5.02 Å². The van der Waals surface area contributed by atoms with Gasteiger partial charge in [-0.25, -0.2) is 4.79 Å². The smallest absolute Gasteiger partial charge is 0.328 e. The van der Waals surface area contributed by atoms with Crippen LogP contribution in [0.15, 0.2) is 24.3 Å². The van der Waals surface area contributed by atoms with Gasteiger partial charge in [0.2, 0.25) is 11.8 Å². The number of rotatable bonds is 6. The first-order chi connectivity index (χ1) is 12.9. The summed E-state index contributed by atoms with van der Waals surface area (Å²) < 4.78 is 4.81. The first-order valence-corrected chi connectivity index (χ1v) is 9.73. The van der Waals surface area contributed by atoms with Gasteiger partial charge in [-0.15, -0.1) is 0 Å². The number of esters is 1. The lowest BCUT2D eigenvalue weighted by atomic mass is 9.85. The van der Waals surface area contributed by atoms with Crippen LogP contribution in [0, 0.1) is 0 Å². The molecule has 0 aromatic heterocycles. The van der Waals surface area contributed by atoms with E-state index in [-0.39, 0.29) is 17.8 Å². The highest BCUT2D eigenvalue weighted by atomic mass is 35.5. The van der Waals surface area contributed by atoms with Crippen LogP contribution in [0.25, 0.3) is 0 Å². The van der Waals surface area contributed by atoms with Crippen LogP contribution in [0.4, 0.5) is 0 Å². The predicted molar refractivity (Wildman–Crippen MR) is 101 cm³/mol. The quantitative estimate of drug-likeness (QED) is 0.754. The number of likely N-dealkylation sites (tertiary alicyclic amines) is 1. The fourth-order valence-corrected chi connectivity index (χ4v) is 4.24. The number of methoxy groups -OCH3 is 1. The van der Waals surface area contributed by atoms with Crippen LogP contribution in [0.1, 0.15) is 44.1 Å². The van der Waals surface area contributed by atoms with Gasteiger partial charge in [0.25, 0.3) is 0 Å². The first kappa shape index (κ1) is 19.7. The molecule has 2 fully saturated rings. The van der Waals surface area contributed by atoms with Gasteiger partial charge < -0.3 is 15.0 Å². The van der Waals surface area contributed by atoms with E-state index < -0.39 is 11.6 Å². The van der Waals surface area contributed by atoms with Crippen molar-refractivity contribution in [2.45, 2.75) is 56.5 Å². The number of halogens is 1. The summed E-state index contributed by atoms with van der Waals surface area (Å²) in [5, 5.41) is 3.76. The molecular formula is C20H25ClN2O4. The lowest BCUT2D eigenvalue weighted by Gasteiger charge is -2.31. The third-order valence-electron chi connectivity index (χ3n) is 5.55. The summed E-state index contributed by atoms with van der Waals surface area (Å²) in [5.41, 5.74) is 0.642. The molecule has 2 heterocycles. The fourth-order valence-electron chi connectivity index (χ4n) is 4.11. The van der Waals surface area contributed by atoms with Crippen molar-refractivity contribution in [1.29, 1.82) is 0 Å². The second-order valence-electron chi connectivity index (χ2n) is 7.40. The van der Waals surface area contributed by atoms with Gasteiger partial charge in [-0.2, -0.15) is 0 Å². The lowest BCUT2D eigenvalue weighted by Crippen LogP contribution is -2.46. The Balaban J connectivity index is 1.66. The summed E-state index contributed by atoms with van der Waals surface area (Å²) in [4.78, 5) is 38.1. The van der Waals surface area contributed by atoms with Gasteiger partial charge in [0, 0.05) is 29.9 Å². The van der Waals surface area contributed by atoms with Crippen molar-refractivity contribution in [2.24, 2.45) is 0 Å². The third kappa shape index (κ3) is 4.61. The largest absolute Gasteiger partial charge is 0.467 e. The molecule has 0 spiro atoms. The Kier molecular flexibility index (Phi) is 6.05. The average molecular weight is 393 g/mol. The summed E-state index contributed by atoms with van der Waals surface area (Å²) in [7, 11) is 1.35. The summed E-state index contributed by atoms with van der Waals surface area (Å²) >= 11 is 5.96. The van der Waals surface area contributed by atoms with Crippen molar-refractivity contribution in [3.8, 4) is 0 Å². The van der Waals surface area contributed by atoms with Crippen LogP contribution in [-0.4, -0.2) is 47.9 Å². The zero-order chi connectivity index (χ0) is 19.4. The highest BCUT2D eigenvalue weighted by Crippen LogP contribution is 2.31. The van der Waals surface area contributed by atoms with Crippen molar-refractivity contribution in [2.75, 3.05) is 13.7 Å². The zero-order valence-corrected chi connectivity index (χ0v) is 16.3. The van der Waals surface area contributed by atoms with E-state index in [0.717, 1.165) is 12.0 Å². The molecular weight excluding hydrogens is 368 g/mol. The molecule has 2 atom stereocenters. The van der Waals surface area contributed by atoms with Crippen LogP contribution in [-0.2, 0) is 25.5 Å². The Hall–Kier alpha value is -2.08. The molecule has 27 heavy (non-hydrogen) atoms. The summed E-state index contributed by atoms with van der Waals surface area (Å²) in [6.07, 6.45) is 4.11. The van der Waals surface area contributed by atoms with Crippen LogP contribution in [0.5, 0.6) is 0 Å². The first-order valence-electron chi connectivity index (χ1n) is 9.35. The summed E-state index contributed by atoms with van der Waals surface area (Å²) in [6.45, 7) is 0.579. The second-order valence-corrected chi connectivity index (χ2v) is 7.84. The standard InChI is InChI=1S/C20H25ClN2O4/c1-27-19(26)16-3-2-12-23(16)18(25)9-11-20(10-8-17(24)22-20)13-14-4-6-15(21)7-5-14/h4-7,16H,2-3,8-13H2,1H3,(H,22,24)/t16-,20?/m0/s1. The average Bonchev–Trinajstić information content (AvgIpc) is 3.29. The van der Waals surface area contributed by atoms with E-state index in [1.54, 1.807) is 4.90 Å². The maximum absolute atomic E-state index is 12.7. The lowest BCUT2D eigenvalue weighted by molar-refractivity contribution is -0.151. The van der Waals surface area contributed by atoms with Crippen molar-refractivity contribution in [3.63, 3.8) is 0 Å². The molecule has 7 heteroatoms. The van der Waals surface area contributed by atoms with E-state index in [1.165, 1.54) is 7.11 Å². The Morgan fingerprint density at radius 3 is 2.70 bits per heavy atom. The third-order valence-corrected chi connectivity index (χ3v) is 5.81. The SMILES string of the molecule is COC(=O)[C@@H]1CCCN1C(=O)CCC1(Cc2ccc(Cl)cc2)CCC(=O)N1. The second kappa shape index (κ2) is 8.30. The molecule has 1 aromatic rings.